The van der Waals surface area contributed by atoms with E-state index < -0.39 is 6.10 Å². The lowest BCUT2D eigenvalue weighted by molar-refractivity contribution is 0.0695. The zero-order valence-electron chi connectivity index (χ0n) is 19.5. The number of benzene rings is 3. The Labute approximate surface area is 201 Å². The lowest BCUT2D eigenvalue weighted by Gasteiger charge is -2.14. The van der Waals surface area contributed by atoms with E-state index in [2.05, 4.69) is 35.6 Å². The summed E-state index contributed by atoms with van der Waals surface area (Å²) >= 11 is 0. The molecule has 0 aliphatic carbocycles. The molecule has 0 heterocycles. The van der Waals surface area contributed by atoms with Crippen LogP contribution in [-0.2, 0) is 35.7 Å². The zero-order valence-corrected chi connectivity index (χ0v) is 19.5. The van der Waals surface area contributed by atoms with Gasteiger partial charge in [-0.3, -0.25) is 0 Å². The molecule has 0 fully saturated rings. The summed E-state index contributed by atoms with van der Waals surface area (Å²) in [4.78, 5) is 0. The van der Waals surface area contributed by atoms with Crippen molar-refractivity contribution in [2.45, 2.75) is 38.8 Å². The molecule has 0 aliphatic rings. The largest absolute Gasteiger partial charge is 0.508 e. The molecule has 34 heavy (non-hydrogen) atoms. The molecule has 0 saturated carbocycles. The Morgan fingerprint density at radius 2 is 1.50 bits per heavy atom. The first kappa shape index (κ1) is 25.9. The van der Waals surface area contributed by atoms with Gasteiger partial charge in [-0.15, -0.1) is 0 Å². The molecule has 1 atom stereocenters. The standard InChI is InChI=1S/C28H35NO5/c30-19-26-17-25(10-11-27(26)31)28(32)18-29-13-12-22-8-4-9-24(16-22)21-34-15-5-14-33-20-23-6-2-1-3-7-23/h1-4,6-11,16-17,28-32H,5,12-15,18-21H2/t28-/m0/s1. The fourth-order valence-electron chi connectivity index (χ4n) is 3.62. The van der Waals surface area contributed by atoms with Crippen LogP contribution in [0.1, 0.15) is 40.3 Å². The maximum absolute atomic E-state index is 10.4. The first-order valence-electron chi connectivity index (χ1n) is 11.7. The van der Waals surface area contributed by atoms with Crippen LogP contribution in [0.3, 0.4) is 0 Å². The van der Waals surface area contributed by atoms with Crippen LogP contribution in [0.4, 0.5) is 0 Å². The Morgan fingerprint density at radius 3 is 2.26 bits per heavy atom. The number of rotatable bonds is 15. The van der Waals surface area contributed by atoms with E-state index in [4.69, 9.17) is 9.47 Å². The van der Waals surface area contributed by atoms with Gasteiger partial charge < -0.3 is 30.1 Å². The van der Waals surface area contributed by atoms with Crippen molar-refractivity contribution in [1.29, 1.82) is 0 Å². The van der Waals surface area contributed by atoms with Crippen LogP contribution in [0.5, 0.6) is 5.75 Å². The van der Waals surface area contributed by atoms with Crippen LogP contribution in [-0.4, -0.2) is 41.6 Å². The Morgan fingerprint density at radius 1 is 0.794 bits per heavy atom. The Bertz CT molecular complexity index is 980. The molecule has 0 saturated heterocycles. The van der Waals surface area contributed by atoms with Crippen molar-refractivity contribution in [1.82, 2.24) is 5.32 Å². The minimum absolute atomic E-state index is 0.0339. The molecule has 3 rings (SSSR count). The molecule has 0 aromatic heterocycles. The molecule has 0 unspecified atom stereocenters. The van der Waals surface area contributed by atoms with Gasteiger partial charge in [0.2, 0.25) is 0 Å². The fraction of sp³-hybridized carbons (Fsp3) is 0.357. The highest BCUT2D eigenvalue weighted by Crippen LogP contribution is 2.22. The number of aromatic hydroxyl groups is 1. The van der Waals surface area contributed by atoms with Gasteiger partial charge in [-0.25, -0.2) is 0 Å². The van der Waals surface area contributed by atoms with Crippen molar-refractivity contribution in [2.75, 3.05) is 26.3 Å². The highest BCUT2D eigenvalue weighted by atomic mass is 16.5. The van der Waals surface area contributed by atoms with Crippen LogP contribution < -0.4 is 5.32 Å². The Hall–Kier alpha value is -2.74. The molecular formula is C28H35NO5. The summed E-state index contributed by atoms with van der Waals surface area (Å²) in [6.45, 7) is 3.41. The minimum Gasteiger partial charge on any atom is -0.508 e. The topological polar surface area (TPSA) is 91.2 Å². The quantitative estimate of drug-likeness (QED) is 0.255. The van der Waals surface area contributed by atoms with Gasteiger partial charge in [0.05, 0.1) is 25.9 Å². The predicted molar refractivity (Wildman–Crippen MR) is 132 cm³/mol. The Balaban J connectivity index is 1.29. The lowest BCUT2D eigenvalue weighted by atomic mass is 10.0. The zero-order chi connectivity index (χ0) is 24.0. The van der Waals surface area contributed by atoms with E-state index in [1.165, 1.54) is 17.2 Å². The van der Waals surface area contributed by atoms with Crippen molar-refractivity contribution < 1.29 is 24.8 Å². The molecule has 0 bridgehead atoms. The number of hydrogen-bond acceptors (Lipinski definition) is 6. The normalized spacial score (nSPS) is 12.1. The third kappa shape index (κ3) is 8.89. The third-order valence-corrected chi connectivity index (χ3v) is 5.54. The van der Waals surface area contributed by atoms with Gasteiger partial charge in [-0.05, 0) is 53.8 Å². The van der Waals surface area contributed by atoms with E-state index in [1.54, 1.807) is 12.1 Å². The average molecular weight is 466 g/mol. The summed E-state index contributed by atoms with van der Waals surface area (Å²) in [5.74, 6) is 0.0339. The second-order valence-corrected chi connectivity index (χ2v) is 8.28. The Kier molecular flexibility index (Phi) is 11.0. The second kappa shape index (κ2) is 14.5. The highest BCUT2D eigenvalue weighted by Gasteiger charge is 2.10. The van der Waals surface area contributed by atoms with Crippen molar-refractivity contribution in [2.24, 2.45) is 0 Å². The van der Waals surface area contributed by atoms with Gasteiger partial charge >= 0.3 is 0 Å². The highest BCUT2D eigenvalue weighted by molar-refractivity contribution is 5.36. The SMILES string of the molecule is OCc1cc([C@@H](O)CNCCc2cccc(COCCCOCc3ccccc3)c2)ccc1O. The summed E-state index contributed by atoms with van der Waals surface area (Å²) in [5.41, 5.74) is 4.61. The fourth-order valence-corrected chi connectivity index (χ4v) is 3.62. The van der Waals surface area contributed by atoms with Crippen molar-refractivity contribution in [3.63, 3.8) is 0 Å². The maximum Gasteiger partial charge on any atom is 0.121 e. The average Bonchev–Trinajstić information content (AvgIpc) is 2.87. The molecule has 182 valence electrons. The van der Waals surface area contributed by atoms with E-state index >= 15 is 0 Å². The van der Waals surface area contributed by atoms with E-state index in [0.717, 1.165) is 24.9 Å². The van der Waals surface area contributed by atoms with Crippen molar-refractivity contribution in [3.8, 4) is 5.75 Å². The van der Waals surface area contributed by atoms with Gasteiger partial charge in [0.25, 0.3) is 0 Å². The van der Waals surface area contributed by atoms with E-state index in [1.807, 2.05) is 24.3 Å². The monoisotopic (exact) mass is 465 g/mol. The van der Waals surface area contributed by atoms with Gasteiger partial charge in [-0.1, -0.05) is 60.7 Å². The smallest absolute Gasteiger partial charge is 0.121 e. The van der Waals surface area contributed by atoms with Crippen LogP contribution in [0.15, 0.2) is 72.8 Å². The number of ether oxygens (including phenoxy) is 2. The first-order chi connectivity index (χ1) is 16.7. The van der Waals surface area contributed by atoms with Crippen LogP contribution in [0.2, 0.25) is 0 Å². The summed E-state index contributed by atoms with van der Waals surface area (Å²) in [7, 11) is 0. The molecule has 0 spiro atoms. The number of aliphatic hydroxyl groups is 2. The van der Waals surface area contributed by atoms with Gasteiger partial charge in [0.15, 0.2) is 0 Å². The number of phenols is 1. The van der Waals surface area contributed by atoms with Gasteiger partial charge in [0, 0.05) is 25.3 Å². The summed E-state index contributed by atoms with van der Waals surface area (Å²) < 4.78 is 11.5. The number of aliphatic hydroxyl groups excluding tert-OH is 2. The maximum atomic E-state index is 10.4. The van der Waals surface area contributed by atoms with Gasteiger partial charge in [-0.2, -0.15) is 0 Å². The van der Waals surface area contributed by atoms with E-state index in [0.29, 0.717) is 44.1 Å². The molecule has 0 aliphatic heterocycles. The van der Waals surface area contributed by atoms with Crippen LogP contribution in [0, 0.1) is 0 Å². The molecule has 6 heteroatoms. The minimum atomic E-state index is -0.706. The van der Waals surface area contributed by atoms with Crippen LogP contribution in [0.25, 0.3) is 0 Å². The lowest BCUT2D eigenvalue weighted by Crippen LogP contribution is -2.23. The molecule has 4 N–H and O–H groups in total. The summed E-state index contributed by atoms with van der Waals surface area (Å²) in [6, 6.07) is 23.3. The van der Waals surface area contributed by atoms with Crippen LogP contribution >= 0.6 is 0 Å². The number of hydrogen-bond donors (Lipinski definition) is 4. The van der Waals surface area contributed by atoms with Crippen molar-refractivity contribution >= 4 is 0 Å². The molecule has 0 radical (unpaired) electrons. The molecular weight excluding hydrogens is 430 g/mol. The van der Waals surface area contributed by atoms with E-state index in [9.17, 15) is 15.3 Å². The second-order valence-electron chi connectivity index (χ2n) is 8.28. The van der Waals surface area contributed by atoms with E-state index in [-0.39, 0.29) is 12.4 Å². The number of nitrogens with one attached hydrogen (secondary N) is 1. The molecule has 3 aromatic rings. The van der Waals surface area contributed by atoms with Crippen molar-refractivity contribution in [3.05, 3.63) is 101 Å². The molecule has 6 nitrogen and oxygen atoms in total. The molecule has 3 aromatic carbocycles. The third-order valence-electron chi connectivity index (χ3n) is 5.54. The van der Waals surface area contributed by atoms with Gasteiger partial charge in [0.1, 0.15) is 5.75 Å². The predicted octanol–water partition coefficient (Wildman–Crippen LogP) is 3.87. The summed E-state index contributed by atoms with van der Waals surface area (Å²) in [6.07, 6.45) is 0.993. The summed E-state index contributed by atoms with van der Waals surface area (Å²) in [5, 5.41) is 32.5. The first-order valence-corrected chi connectivity index (χ1v) is 11.7. The molecule has 0 amide bonds.